The fraction of sp³-hybridized carbons (Fsp3) is 0.684. The summed E-state index contributed by atoms with van der Waals surface area (Å²) in [5.41, 5.74) is 1.85. The van der Waals surface area contributed by atoms with Gasteiger partial charge in [-0.3, -0.25) is 0 Å². The van der Waals surface area contributed by atoms with Crippen molar-refractivity contribution < 1.29 is 4.74 Å². The quantitative estimate of drug-likeness (QED) is 0.813. The molecule has 21 heavy (non-hydrogen) atoms. The first-order valence-electron chi connectivity index (χ1n) is 8.41. The van der Waals surface area contributed by atoms with Crippen LogP contribution in [0.2, 0.25) is 0 Å². The summed E-state index contributed by atoms with van der Waals surface area (Å²) in [6.07, 6.45) is 6.69. The van der Waals surface area contributed by atoms with Gasteiger partial charge in [0, 0.05) is 12.6 Å². The van der Waals surface area contributed by atoms with E-state index in [2.05, 4.69) is 38.2 Å². The molecule has 2 rings (SSSR count). The summed E-state index contributed by atoms with van der Waals surface area (Å²) in [6.45, 7) is 8.16. The molecule has 118 valence electrons. The summed E-state index contributed by atoms with van der Waals surface area (Å²) in [7, 11) is 1.71. The zero-order valence-electron chi connectivity index (χ0n) is 14.1. The van der Waals surface area contributed by atoms with Crippen molar-refractivity contribution in [2.45, 2.75) is 65.5 Å². The Labute approximate surface area is 130 Å². The Morgan fingerprint density at radius 2 is 1.71 bits per heavy atom. The van der Waals surface area contributed by atoms with Crippen LogP contribution in [0.25, 0.3) is 0 Å². The van der Waals surface area contributed by atoms with Crippen LogP contribution in [0.1, 0.15) is 58.4 Å². The second-order valence-corrected chi connectivity index (χ2v) is 7.12. The summed E-state index contributed by atoms with van der Waals surface area (Å²) in [6, 6.07) is 9.07. The van der Waals surface area contributed by atoms with Crippen molar-refractivity contribution in [3.05, 3.63) is 29.8 Å². The SMILES string of the molecule is CCC(C)(C)C1CCC(NCc2ccc(OC)cc2)CC1. The largest absolute Gasteiger partial charge is 0.497 e. The number of ether oxygens (including phenoxy) is 1. The van der Waals surface area contributed by atoms with E-state index >= 15 is 0 Å². The predicted molar refractivity (Wildman–Crippen MR) is 89.7 cm³/mol. The van der Waals surface area contributed by atoms with E-state index in [1.807, 2.05) is 12.1 Å². The molecule has 0 radical (unpaired) electrons. The molecule has 1 aromatic carbocycles. The summed E-state index contributed by atoms with van der Waals surface area (Å²) >= 11 is 0. The lowest BCUT2D eigenvalue weighted by Crippen LogP contribution is -2.36. The first-order chi connectivity index (χ1) is 10.0. The molecule has 0 heterocycles. The second-order valence-electron chi connectivity index (χ2n) is 7.12. The van der Waals surface area contributed by atoms with Crippen molar-refractivity contribution in [1.82, 2.24) is 5.32 Å². The van der Waals surface area contributed by atoms with Crippen molar-refractivity contribution in [3.8, 4) is 5.75 Å². The number of rotatable bonds is 6. The van der Waals surface area contributed by atoms with Gasteiger partial charge in [0.1, 0.15) is 5.75 Å². The molecule has 0 saturated heterocycles. The van der Waals surface area contributed by atoms with Crippen molar-refractivity contribution in [1.29, 1.82) is 0 Å². The minimum Gasteiger partial charge on any atom is -0.497 e. The average molecular weight is 289 g/mol. The first-order valence-corrected chi connectivity index (χ1v) is 8.41. The zero-order chi connectivity index (χ0) is 15.3. The molecule has 1 fully saturated rings. The van der Waals surface area contributed by atoms with Gasteiger partial charge in [-0.25, -0.2) is 0 Å². The lowest BCUT2D eigenvalue weighted by atomic mass is 9.69. The molecule has 2 nitrogen and oxygen atoms in total. The van der Waals surface area contributed by atoms with Crippen molar-refractivity contribution in [2.24, 2.45) is 11.3 Å². The summed E-state index contributed by atoms with van der Waals surface area (Å²) in [4.78, 5) is 0. The van der Waals surface area contributed by atoms with Gasteiger partial charge in [-0.05, 0) is 54.7 Å². The van der Waals surface area contributed by atoms with Gasteiger partial charge in [0.05, 0.1) is 7.11 Å². The van der Waals surface area contributed by atoms with Crippen molar-refractivity contribution in [3.63, 3.8) is 0 Å². The minimum atomic E-state index is 0.515. The molecule has 1 aromatic rings. The number of benzene rings is 1. The molecule has 1 N–H and O–H groups in total. The smallest absolute Gasteiger partial charge is 0.118 e. The van der Waals surface area contributed by atoms with Crippen LogP contribution in [0.15, 0.2) is 24.3 Å². The normalized spacial score (nSPS) is 23.0. The number of methoxy groups -OCH3 is 1. The third-order valence-corrected chi connectivity index (χ3v) is 5.50. The van der Waals surface area contributed by atoms with Crippen LogP contribution >= 0.6 is 0 Å². The summed E-state index contributed by atoms with van der Waals surface area (Å²) < 4.78 is 5.20. The Balaban J connectivity index is 1.76. The molecule has 2 heteroatoms. The second kappa shape index (κ2) is 7.31. The Kier molecular flexibility index (Phi) is 5.69. The van der Waals surface area contributed by atoms with E-state index in [0.717, 1.165) is 18.2 Å². The van der Waals surface area contributed by atoms with Crippen LogP contribution in [-0.2, 0) is 6.54 Å². The Hall–Kier alpha value is -1.02. The third kappa shape index (κ3) is 4.47. The standard InChI is InChI=1S/C19H31NO/c1-5-19(2,3)16-8-10-17(11-9-16)20-14-15-6-12-18(21-4)13-7-15/h6-7,12-13,16-17,20H,5,8-11,14H2,1-4H3. The fourth-order valence-electron chi connectivity index (χ4n) is 3.37. The first kappa shape index (κ1) is 16.4. The average Bonchev–Trinajstić information content (AvgIpc) is 2.54. The molecular weight excluding hydrogens is 258 g/mol. The highest BCUT2D eigenvalue weighted by molar-refractivity contribution is 5.27. The monoisotopic (exact) mass is 289 g/mol. The van der Waals surface area contributed by atoms with Gasteiger partial charge < -0.3 is 10.1 Å². The molecule has 0 aromatic heterocycles. The van der Waals surface area contributed by atoms with E-state index in [4.69, 9.17) is 4.74 Å². The molecule has 0 bridgehead atoms. The molecule has 0 atom stereocenters. The molecule has 0 aliphatic heterocycles. The van der Waals surface area contributed by atoms with Gasteiger partial charge in [0.25, 0.3) is 0 Å². The number of hydrogen-bond donors (Lipinski definition) is 1. The lowest BCUT2D eigenvalue weighted by Gasteiger charge is -2.39. The zero-order valence-corrected chi connectivity index (χ0v) is 14.1. The maximum atomic E-state index is 5.20. The number of nitrogens with one attached hydrogen (secondary N) is 1. The van der Waals surface area contributed by atoms with Gasteiger partial charge in [0.15, 0.2) is 0 Å². The molecular formula is C19H31NO. The van der Waals surface area contributed by atoms with E-state index in [0.29, 0.717) is 11.5 Å². The van der Waals surface area contributed by atoms with E-state index in [1.54, 1.807) is 7.11 Å². The molecule has 1 aliphatic rings. The summed E-state index contributed by atoms with van der Waals surface area (Å²) in [5.74, 6) is 1.84. The van der Waals surface area contributed by atoms with Gasteiger partial charge in [0.2, 0.25) is 0 Å². The van der Waals surface area contributed by atoms with Gasteiger partial charge in [-0.1, -0.05) is 39.3 Å². The minimum absolute atomic E-state index is 0.515. The van der Waals surface area contributed by atoms with Crippen LogP contribution in [0.5, 0.6) is 5.75 Å². The lowest BCUT2D eigenvalue weighted by molar-refractivity contribution is 0.137. The van der Waals surface area contributed by atoms with Gasteiger partial charge in [-0.15, -0.1) is 0 Å². The van der Waals surface area contributed by atoms with Crippen LogP contribution in [0.4, 0.5) is 0 Å². The van der Waals surface area contributed by atoms with Crippen LogP contribution in [0.3, 0.4) is 0 Å². The van der Waals surface area contributed by atoms with Crippen LogP contribution < -0.4 is 10.1 Å². The highest BCUT2D eigenvalue weighted by Crippen LogP contribution is 2.40. The maximum absolute atomic E-state index is 5.20. The van der Waals surface area contributed by atoms with E-state index in [1.165, 1.54) is 37.7 Å². The van der Waals surface area contributed by atoms with Crippen molar-refractivity contribution >= 4 is 0 Å². The van der Waals surface area contributed by atoms with E-state index in [9.17, 15) is 0 Å². The van der Waals surface area contributed by atoms with E-state index in [-0.39, 0.29) is 0 Å². The Bertz CT molecular complexity index is 416. The topological polar surface area (TPSA) is 21.3 Å². The number of hydrogen-bond acceptors (Lipinski definition) is 2. The Morgan fingerprint density at radius 3 is 2.24 bits per heavy atom. The van der Waals surface area contributed by atoms with Crippen LogP contribution in [0, 0.1) is 11.3 Å². The predicted octanol–water partition coefficient (Wildman–Crippen LogP) is 4.78. The molecule has 1 saturated carbocycles. The highest BCUT2D eigenvalue weighted by Gasteiger charge is 2.31. The molecule has 0 amide bonds. The third-order valence-electron chi connectivity index (χ3n) is 5.50. The van der Waals surface area contributed by atoms with Gasteiger partial charge >= 0.3 is 0 Å². The van der Waals surface area contributed by atoms with Crippen molar-refractivity contribution in [2.75, 3.05) is 7.11 Å². The van der Waals surface area contributed by atoms with Gasteiger partial charge in [-0.2, -0.15) is 0 Å². The molecule has 0 unspecified atom stereocenters. The molecule has 0 spiro atoms. The fourth-order valence-corrected chi connectivity index (χ4v) is 3.37. The Morgan fingerprint density at radius 1 is 1.10 bits per heavy atom. The molecule has 1 aliphatic carbocycles. The van der Waals surface area contributed by atoms with Crippen LogP contribution in [-0.4, -0.2) is 13.2 Å². The highest BCUT2D eigenvalue weighted by atomic mass is 16.5. The summed E-state index contributed by atoms with van der Waals surface area (Å²) in [5, 5.41) is 3.72. The van der Waals surface area contributed by atoms with E-state index < -0.39 is 0 Å². The maximum Gasteiger partial charge on any atom is 0.118 e.